The van der Waals surface area contributed by atoms with E-state index in [1.54, 1.807) is 36.5 Å². The summed E-state index contributed by atoms with van der Waals surface area (Å²) >= 11 is 19.0. The van der Waals surface area contributed by atoms with Crippen molar-refractivity contribution in [2.75, 3.05) is 10.6 Å². The fraction of sp³-hybridized carbons (Fsp3) is 0.359. The fourth-order valence-corrected chi connectivity index (χ4v) is 6.73. The van der Waals surface area contributed by atoms with Gasteiger partial charge in [0, 0.05) is 34.2 Å². The van der Waals surface area contributed by atoms with Crippen molar-refractivity contribution in [3.63, 3.8) is 0 Å². The lowest BCUT2D eigenvalue weighted by atomic mass is 9.76. The number of aromatic nitrogens is 4. The van der Waals surface area contributed by atoms with Crippen LogP contribution in [0.4, 0.5) is 11.5 Å². The molecule has 10 nitrogen and oxygen atoms in total. The van der Waals surface area contributed by atoms with Crippen molar-refractivity contribution >= 4 is 52.2 Å². The minimum absolute atomic E-state index is 0.0117. The van der Waals surface area contributed by atoms with Gasteiger partial charge in [-0.05, 0) is 78.1 Å². The minimum atomic E-state index is -1.10. The molecule has 0 radical (unpaired) electrons. The molecule has 0 spiro atoms. The molecular weight excluding hydrogens is 723 g/mol. The topological polar surface area (TPSA) is 126 Å². The molecule has 5 aromatic rings. The van der Waals surface area contributed by atoms with E-state index in [-0.39, 0.29) is 43.6 Å². The Labute approximate surface area is 319 Å². The van der Waals surface area contributed by atoms with Crippen LogP contribution in [-0.2, 0) is 10.8 Å². The van der Waals surface area contributed by atoms with Gasteiger partial charge in [0.1, 0.15) is 17.5 Å². The number of rotatable bonds is 14. The molecule has 2 unspecified atom stereocenters. The zero-order valence-electron chi connectivity index (χ0n) is 30.4. The minimum Gasteiger partial charge on any atom is -0.485 e. The molecule has 0 fully saturated rings. The van der Waals surface area contributed by atoms with Gasteiger partial charge < -0.3 is 20.5 Å². The molecule has 0 saturated heterocycles. The summed E-state index contributed by atoms with van der Waals surface area (Å²) in [6, 6.07) is 17.6. The fourth-order valence-electron chi connectivity index (χ4n) is 5.75. The van der Waals surface area contributed by atoms with E-state index in [2.05, 4.69) is 74.5 Å². The number of nitrogens with zero attached hydrogens (tertiary/aromatic N) is 3. The number of nitrogens with one attached hydrogen (secondary N) is 3. The number of amides is 1. The number of benzene rings is 3. The summed E-state index contributed by atoms with van der Waals surface area (Å²) in [5.41, 5.74) is 2.58. The van der Waals surface area contributed by atoms with Gasteiger partial charge in [-0.25, -0.2) is 9.36 Å². The second kappa shape index (κ2) is 15.8. The highest BCUT2D eigenvalue weighted by Crippen LogP contribution is 2.39. The van der Waals surface area contributed by atoms with Crippen LogP contribution < -0.4 is 20.9 Å². The lowest BCUT2D eigenvalue weighted by Crippen LogP contribution is -2.38. The quantitative estimate of drug-likeness (QED) is 0.0835. The Bertz CT molecular complexity index is 2080. The molecule has 2 heterocycles. The summed E-state index contributed by atoms with van der Waals surface area (Å²) in [6.45, 7) is 15.2. The smallest absolute Gasteiger partial charge is 0.299 e. The molecule has 0 saturated carbocycles. The maximum atomic E-state index is 13.7. The molecule has 0 aliphatic carbocycles. The first kappa shape index (κ1) is 39.0. The second-order valence-corrected chi connectivity index (χ2v) is 15.3. The zero-order chi connectivity index (χ0) is 38.0. The highest BCUT2D eigenvalue weighted by Gasteiger charge is 2.29. The largest absolute Gasteiger partial charge is 0.485 e. The van der Waals surface area contributed by atoms with Gasteiger partial charge in [-0.3, -0.25) is 14.7 Å². The first-order chi connectivity index (χ1) is 24.6. The van der Waals surface area contributed by atoms with Crippen LogP contribution in [0.2, 0.25) is 15.1 Å². The first-order valence-electron chi connectivity index (χ1n) is 17.3. The molecule has 0 aliphatic heterocycles. The number of aliphatic hydroxyl groups excluding tert-OH is 1. The molecule has 13 heteroatoms. The molecule has 1 amide bonds. The molecule has 2 aromatic heterocycles. The highest BCUT2D eigenvalue weighted by molar-refractivity contribution is 6.40. The molecular formula is C39H45Cl3N6O4. The van der Waals surface area contributed by atoms with Crippen LogP contribution in [0, 0.1) is 0 Å². The molecule has 3 aromatic carbocycles. The summed E-state index contributed by atoms with van der Waals surface area (Å²) in [6.07, 6.45) is 3.81. The van der Waals surface area contributed by atoms with Crippen molar-refractivity contribution in [2.45, 2.75) is 90.9 Å². The number of hydrogen-bond donors (Lipinski definition) is 4. The van der Waals surface area contributed by atoms with Gasteiger partial charge in [0.05, 0.1) is 10.0 Å². The summed E-state index contributed by atoms with van der Waals surface area (Å²) in [5.74, 6) is 0.259. The Hall–Kier alpha value is -4.22. The third-order valence-electron chi connectivity index (χ3n) is 9.77. The zero-order valence-corrected chi connectivity index (χ0v) is 32.6. The molecule has 276 valence electrons. The average Bonchev–Trinajstić information content (AvgIpc) is 3.74. The van der Waals surface area contributed by atoms with Gasteiger partial charge in [-0.1, -0.05) is 101 Å². The van der Waals surface area contributed by atoms with Crippen molar-refractivity contribution in [1.82, 2.24) is 19.6 Å². The third kappa shape index (κ3) is 8.20. The summed E-state index contributed by atoms with van der Waals surface area (Å²) in [7, 11) is 0. The number of aromatic amines is 1. The van der Waals surface area contributed by atoms with Crippen LogP contribution >= 0.6 is 34.8 Å². The van der Waals surface area contributed by atoms with Crippen LogP contribution in [-0.4, -0.2) is 42.9 Å². The first-order valence-corrected chi connectivity index (χ1v) is 18.4. The van der Waals surface area contributed by atoms with Crippen LogP contribution in [0.3, 0.4) is 0 Å². The number of carbonyl (C=O) groups excluding carboxylic acids is 1. The highest BCUT2D eigenvalue weighted by atomic mass is 35.5. The maximum absolute atomic E-state index is 13.7. The van der Waals surface area contributed by atoms with Gasteiger partial charge in [-0.2, -0.15) is 5.10 Å². The summed E-state index contributed by atoms with van der Waals surface area (Å²) < 4.78 is 8.98. The summed E-state index contributed by atoms with van der Waals surface area (Å²) in [4.78, 5) is 27.3. The Morgan fingerprint density at radius 1 is 0.942 bits per heavy atom. The lowest BCUT2D eigenvalue weighted by molar-refractivity contribution is 0.0509. The number of hydrogen-bond acceptors (Lipinski definition) is 6. The van der Waals surface area contributed by atoms with E-state index in [0.717, 1.165) is 28.8 Å². The predicted molar refractivity (Wildman–Crippen MR) is 210 cm³/mol. The Morgan fingerprint density at radius 3 is 2.25 bits per heavy atom. The van der Waals surface area contributed by atoms with Crippen LogP contribution in [0.15, 0.2) is 77.9 Å². The van der Waals surface area contributed by atoms with Crippen molar-refractivity contribution in [3.05, 3.63) is 115 Å². The molecule has 2 atom stereocenters. The Balaban J connectivity index is 1.39. The van der Waals surface area contributed by atoms with Crippen molar-refractivity contribution in [1.29, 1.82) is 0 Å². The van der Waals surface area contributed by atoms with Crippen LogP contribution in [0.5, 0.6) is 5.75 Å². The van der Waals surface area contributed by atoms with Gasteiger partial charge >= 0.3 is 0 Å². The van der Waals surface area contributed by atoms with E-state index in [1.165, 1.54) is 28.6 Å². The van der Waals surface area contributed by atoms with E-state index >= 15 is 0 Å². The average molecular weight is 768 g/mol. The maximum Gasteiger partial charge on any atom is 0.299 e. The van der Waals surface area contributed by atoms with Gasteiger partial charge in [0.2, 0.25) is 0 Å². The number of anilines is 2. The predicted octanol–water partition coefficient (Wildman–Crippen LogP) is 9.53. The number of halogens is 3. The van der Waals surface area contributed by atoms with Gasteiger partial charge in [-0.15, -0.1) is 0 Å². The Kier molecular flexibility index (Phi) is 11.8. The van der Waals surface area contributed by atoms with E-state index in [9.17, 15) is 14.7 Å². The third-order valence-corrected chi connectivity index (χ3v) is 10.6. The second-order valence-electron chi connectivity index (χ2n) is 14.0. The number of H-pyrrole nitrogens is 1. The van der Waals surface area contributed by atoms with Crippen molar-refractivity contribution in [2.24, 2.45) is 0 Å². The van der Waals surface area contributed by atoms with Crippen molar-refractivity contribution in [3.8, 4) is 17.1 Å². The summed E-state index contributed by atoms with van der Waals surface area (Å²) in [5, 5.41) is 24.9. The van der Waals surface area contributed by atoms with E-state index in [0.29, 0.717) is 17.1 Å². The molecule has 4 N–H and O–H groups in total. The standard InChI is InChI=1S/C39H45Cl3N6O4/c1-8-30(52-31-16-15-24(38(4,5)9-2)20-27(31)39(6,7)10-3)36(50)44-26-14-11-13-23(19-26)35(49)45-34-33(47-18-12-17-43-47)37(51)48(46-34)32-28(41)21-25(40)22-29(32)42/h11-22,30,36,44,46,50H,8-10H2,1-7H3,(H,45,49). The van der Waals surface area contributed by atoms with E-state index in [1.807, 2.05) is 13.0 Å². The number of aliphatic hydroxyl groups is 1. The molecule has 5 rings (SSSR count). The molecule has 52 heavy (non-hydrogen) atoms. The van der Waals surface area contributed by atoms with Crippen LogP contribution in [0.1, 0.15) is 89.2 Å². The van der Waals surface area contributed by atoms with Gasteiger partial charge in [0.25, 0.3) is 11.5 Å². The molecule has 0 aliphatic rings. The Morgan fingerprint density at radius 2 is 1.63 bits per heavy atom. The SMILES string of the molecule is CCC(Oc1ccc(C(C)(C)CC)cc1C(C)(C)CC)C(O)Nc1cccc(C(=O)Nc2[nH]n(-c3c(Cl)cc(Cl)cc3Cl)c(=O)c2-n2cccn2)c1. The number of carbonyl (C=O) groups is 1. The van der Waals surface area contributed by atoms with Gasteiger partial charge in [0.15, 0.2) is 17.7 Å². The monoisotopic (exact) mass is 766 g/mol. The number of ether oxygens (including phenoxy) is 1. The normalized spacial score (nSPS) is 13.1. The van der Waals surface area contributed by atoms with Crippen LogP contribution in [0.25, 0.3) is 11.4 Å². The van der Waals surface area contributed by atoms with E-state index in [4.69, 9.17) is 39.5 Å². The molecule has 0 bridgehead atoms. The lowest BCUT2D eigenvalue weighted by Gasteiger charge is -2.32. The van der Waals surface area contributed by atoms with Crippen molar-refractivity contribution < 1.29 is 14.6 Å². The van der Waals surface area contributed by atoms with E-state index < -0.39 is 23.8 Å².